The molecule has 0 radical (unpaired) electrons. The molecule has 2 aromatic rings. The van der Waals surface area contributed by atoms with Crippen molar-refractivity contribution in [1.82, 2.24) is 5.32 Å². The second-order valence-electron chi connectivity index (χ2n) is 4.54. The van der Waals surface area contributed by atoms with Crippen molar-refractivity contribution in [2.24, 2.45) is 0 Å². The minimum absolute atomic E-state index is 0.330. The third-order valence-corrected chi connectivity index (χ3v) is 5.09. The monoisotopic (exact) mass is 279 g/mol. The van der Waals surface area contributed by atoms with Gasteiger partial charge in [0.25, 0.3) is 0 Å². The van der Waals surface area contributed by atoms with Crippen LogP contribution in [-0.4, -0.2) is 19.3 Å². The van der Waals surface area contributed by atoms with Gasteiger partial charge < -0.3 is 4.74 Å². The van der Waals surface area contributed by atoms with Gasteiger partial charge in [0.1, 0.15) is 0 Å². The van der Waals surface area contributed by atoms with Gasteiger partial charge in [0.05, 0.1) is 12.6 Å². The van der Waals surface area contributed by atoms with E-state index in [1.165, 1.54) is 22.6 Å². The van der Waals surface area contributed by atoms with Crippen molar-refractivity contribution < 1.29 is 4.74 Å². The molecular weight excluding hydrogens is 262 g/mol. The molecule has 96 valence electrons. The van der Waals surface area contributed by atoms with Crippen LogP contribution in [0.25, 0.3) is 0 Å². The molecule has 2 nitrogen and oxygen atoms in total. The van der Waals surface area contributed by atoms with Crippen molar-refractivity contribution in [2.45, 2.75) is 24.9 Å². The number of thiophene rings is 2. The maximum atomic E-state index is 5.56. The predicted molar refractivity (Wildman–Crippen MR) is 77.5 cm³/mol. The summed E-state index contributed by atoms with van der Waals surface area (Å²) in [5, 5.41) is 8.05. The predicted octanol–water partition coefficient (Wildman–Crippen LogP) is 3.67. The molecule has 0 aliphatic carbocycles. The Hall–Kier alpha value is -0.680. The van der Waals surface area contributed by atoms with Crippen LogP contribution in [0.15, 0.2) is 35.0 Å². The second-order valence-corrected chi connectivity index (χ2v) is 6.50. The number of hydrogen-bond acceptors (Lipinski definition) is 4. The van der Waals surface area contributed by atoms with Crippen LogP contribution < -0.4 is 5.32 Å². The van der Waals surface area contributed by atoms with E-state index in [1.807, 2.05) is 22.7 Å². The normalized spacial score (nSPS) is 20.4. The fraction of sp³-hybridized carbons (Fsp3) is 0.429. The maximum Gasteiger partial charge on any atom is 0.0767 e. The van der Waals surface area contributed by atoms with Crippen LogP contribution in [-0.2, 0) is 4.74 Å². The first-order valence-electron chi connectivity index (χ1n) is 6.34. The topological polar surface area (TPSA) is 21.3 Å². The molecule has 4 heteroatoms. The van der Waals surface area contributed by atoms with Gasteiger partial charge in [-0.25, -0.2) is 0 Å². The van der Waals surface area contributed by atoms with E-state index in [-0.39, 0.29) is 0 Å². The molecule has 1 atom stereocenters. The van der Waals surface area contributed by atoms with E-state index in [4.69, 9.17) is 4.74 Å². The van der Waals surface area contributed by atoms with E-state index in [0.29, 0.717) is 12.1 Å². The van der Waals surface area contributed by atoms with Crippen LogP contribution in [0.2, 0.25) is 0 Å². The smallest absolute Gasteiger partial charge is 0.0767 e. The van der Waals surface area contributed by atoms with Crippen molar-refractivity contribution in [1.29, 1.82) is 0 Å². The first-order valence-corrected chi connectivity index (χ1v) is 8.10. The Bertz CT molecular complexity index is 412. The van der Waals surface area contributed by atoms with Crippen LogP contribution in [0.1, 0.15) is 28.6 Å². The Morgan fingerprint density at radius 1 is 1.17 bits per heavy atom. The van der Waals surface area contributed by atoms with Crippen molar-refractivity contribution >= 4 is 22.7 Å². The Balaban J connectivity index is 1.77. The summed E-state index contributed by atoms with van der Waals surface area (Å²) in [7, 11) is 0. The Labute approximate surface area is 116 Å². The van der Waals surface area contributed by atoms with Crippen LogP contribution in [0.5, 0.6) is 0 Å². The summed E-state index contributed by atoms with van der Waals surface area (Å²) in [5.74, 6) is 0. The highest BCUT2D eigenvalue weighted by atomic mass is 32.1. The number of rotatable bonds is 4. The van der Waals surface area contributed by atoms with Crippen LogP contribution in [0.4, 0.5) is 0 Å². The van der Waals surface area contributed by atoms with Gasteiger partial charge >= 0.3 is 0 Å². The lowest BCUT2D eigenvalue weighted by Crippen LogP contribution is -2.39. The molecule has 0 amide bonds. The lowest BCUT2D eigenvalue weighted by molar-refractivity contribution is 0.0681. The van der Waals surface area contributed by atoms with E-state index in [2.05, 4.69) is 40.3 Å². The largest absolute Gasteiger partial charge is 0.380 e. The fourth-order valence-electron chi connectivity index (χ4n) is 2.32. The van der Waals surface area contributed by atoms with Crippen molar-refractivity contribution in [2.75, 3.05) is 13.2 Å². The van der Waals surface area contributed by atoms with Gasteiger partial charge in [0.2, 0.25) is 0 Å². The van der Waals surface area contributed by atoms with Crippen molar-refractivity contribution in [3.63, 3.8) is 0 Å². The Morgan fingerprint density at radius 2 is 1.89 bits per heavy atom. The minimum Gasteiger partial charge on any atom is -0.380 e. The van der Waals surface area contributed by atoms with E-state index in [0.717, 1.165) is 13.2 Å². The number of ether oxygens (including phenoxy) is 1. The molecule has 3 rings (SSSR count). The van der Waals surface area contributed by atoms with Crippen LogP contribution in [0, 0.1) is 0 Å². The molecule has 1 aliphatic heterocycles. The zero-order valence-electron chi connectivity index (χ0n) is 10.2. The van der Waals surface area contributed by atoms with Gasteiger partial charge in [-0.15, -0.1) is 22.7 Å². The van der Waals surface area contributed by atoms with E-state index in [1.54, 1.807) is 0 Å². The zero-order valence-corrected chi connectivity index (χ0v) is 11.8. The van der Waals surface area contributed by atoms with Gasteiger partial charge in [-0.1, -0.05) is 12.1 Å². The summed E-state index contributed by atoms with van der Waals surface area (Å²) in [6.45, 7) is 1.76. The quantitative estimate of drug-likeness (QED) is 0.922. The van der Waals surface area contributed by atoms with Gasteiger partial charge in [-0.2, -0.15) is 0 Å². The fourth-order valence-corrected chi connectivity index (χ4v) is 4.00. The first-order chi connectivity index (χ1) is 8.93. The molecule has 3 heterocycles. The van der Waals surface area contributed by atoms with Gasteiger partial charge in [-0.3, -0.25) is 5.32 Å². The summed E-state index contributed by atoms with van der Waals surface area (Å²) < 4.78 is 5.56. The molecule has 2 aromatic heterocycles. The molecular formula is C14H17NOS2. The van der Waals surface area contributed by atoms with E-state index >= 15 is 0 Å². The molecule has 0 saturated carbocycles. The third-order valence-electron chi connectivity index (χ3n) is 3.22. The average Bonchev–Trinajstić information content (AvgIpc) is 3.11. The molecule has 0 bridgehead atoms. The first kappa shape index (κ1) is 12.4. The maximum absolute atomic E-state index is 5.56. The molecule has 18 heavy (non-hydrogen) atoms. The third kappa shape index (κ3) is 2.83. The average molecular weight is 279 g/mol. The number of nitrogens with one attached hydrogen (secondary N) is 1. The Morgan fingerprint density at radius 3 is 2.39 bits per heavy atom. The molecule has 1 unspecified atom stereocenters. The van der Waals surface area contributed by atoms with Crippen molar-refractivity contribution in [3.8, 4) is 0 Å². The lowest BCUT2D eigenvalue weighted by atomic mass is 10.1. The molecule has 0 aromatic carbocycles. The van der Waals surface area contributed by atoms with Gasteiger partial charge in [-0.05, 0) is 35.7 Å². The molecule has 1 fully saturated rings. The Kier molecular flexibility index (Phi) is 4.10. The molecule has 1 N–H and O–H groups in total. The second kappa shape index (κ2) is 5.97. The summed E-state index contributed by atoms with van der Waals surface area (Å²) in [4.78, 5) is 2.78. The summed E-state index contributed by atoms with van der Waals surface area (Å²) in [6, 6.07) is 9.49. The van der Waals surface area contributed by atoms with E-state index < -0.39 is 0 Å². The van der Waals surface area contributed by atoms with Crippen molar-refractivity contribution in [3.05, 3.63) is 44.8 Å². The SMILES string of the molecule is c1csc(C(NC2CCCOC2)c2cccs2)c1. The van der Waals surface area contributed by atoms with Gasteiger partial charge in [0, 0.05) is 22.4 Å². The standard InChI is InChI=1S/C14H17NOS2/c1-4-11(10-16-7-1)15-14(12-5-2-8-17-12)13-6-3-9-18-13/h2-3,5-6,8-9,11,14-15H,1,4,7,10H2. The summed E-state index contributed by atoms with van der Waals surface area (Å²) >= 11 is 3.64. The highest BCUT2D eigenvalue weighted by Crippen LogP contribution is 2.30. The van der Waals surface area contributed by atoms with Crippen LogP contribution >= 0.6 is 22.7 Å². The lowest BCUT2D eigenvalue weighted by Gasteiger charge is -2.27. The molecule has 1 aliphatic rings. The van der Waals surface area contributed by atoms with Gasteiger partial charge in [0.15, 0.2) is 0 Å². The zero-order chi connectivity index (χ0) is 12.2. The highest BCUT2D eigenvalue weighted by molar-refractivity contribution is 7.11. The minimum atomic E-state index is 0.330. The van der Waals surface area contributed by atoms with Crippen LogP contribution in [0.3, 0.4) is 0 Å². The molecule has 1 saturated heterocycles. The molecule has 0 spiro atoms. The summed E-state index contributed by atoms with van der Waals surface area (Å²) in [5.41, 5.74) is 0. The number of hydrogen-bond donors (Lipinski definition) is 1. The highest BCUT2D eigenvalue weighted by Gasteiger charge is 2.22. The summed E-state index contributed by atoms with van der Waals surface area (Å²) in [6.07, 6.45) is 2.38. The van der Waals surface area contributed by atoms with E-state index in [9.17, 15) is 0 Å².